The van der Waals surface area contributed by atoms with E-state index < -0.39 is 0 Å². The van der Waals surface area contributed by atoms with E-state index >= 15 is 0 Å². The van der Waals surface area contributed by atoms with Crippen LogP contribution in [-0.4, -0.2) is 25.5 Å². The van der Waals surface area contributed by atoms with Gasteiger partial charge in [0.1, 0.15) is 6.04 Å². The quantitative estimate of drug-likeness (QED) is 0.781. The topological polar surface area (TPSA) is 64.7 Å². The van der Waals surface area contributed by atoms with Gasteiger partial charge < -0.3 is 5.32 Å². The molecule has 3 aromatic rings. The summed E-state index contributed by atoms with van der Waals surface area (Å²) >= 11 is 6.28. The molecule has 0 aliphatic heterocycles. The number of hydrogen-bond acceptors (Lipinski definition) is 3. The smallest absolute Gasteiger partial charge is 0.245 e. The fourth-order valence-electron chi connectivity index (χ4n) is 2.72. The highest BCUT2D eigenvalue weighted by Crippen LogP contribution is 2.26. The highest BCUT2D eigenvalue weighted by Gasteiger charge is 2.19. The summed E-state index contributed by atoms with van der Waals surface area (Å²) in [6, 6.07) is 7.16. The molecule has 0 unspecified atom stereocenters. The predicted molar refractivity (Wildman–Crippen MR) is 89.1 cm³/mol. The van der Waals surface area contributed by atoms with Gasteiger partial charge in [-0.05, 0) is 24.6 Å². The Morgan fingerprint density at radius 2 is 2.22 bits per heavy atom. The summed E-state index contributed by atoms with van der Waals surface area (Å²) in [5.41, 5.74) is 1.71. The molecule has 1 N–H and O–H groups in total. The van der Waals surface area contributed by atoms with E-state index in [9.17, 15) is 4.79 Å². The van der Waals surface area contributed by atoms with E-state index in [2.05, 4.69) is 15.5 Å². The summed E-state index contributed by atoms with van der Waals surface area (Å²) in [5, 5.41) is 13.1. The summed E-state index contributed by atoms with van der Waals surface area (Å²) in [5.74, 6) is -0.0814. The number of halogens is 1. The van der Waals surface area contributed by atoms with Gasteiger partial charge in [0.15, 0.2) is 0 Å². The Morgan fingerprint density at radius 1 is 1.39 bits per heavy atom. The molecule has 0 bridgehead atoms. The average molecular weight is 332 g/mol. The number of nitrogens with one attached hydrogen (secondary N) is 1. The number of benzene rings is 1. The zero-order chi connectivity index (χ0) is 16.4. The van der Waals surface area contributed by atoms with E-state index in [1.54, 1.807) is 21.8 Å². The maximum absolute atomic E-state index is 12.4. The molecular weight excluding hydrogens is 314 g/mol. The summed E-state index contributed by atoms with van der Waals surface area (Å²) in [6.45, 7) is 2.29. The largest absolute Gasteiger partial charge is 0.348 e. The first kappa shape index (κ1) is 15.6. The predicted octanol–water partition coefficient (Wildman–Crippen LogP) is 2.69. The maximum Gasteiger partial charge on any atom is 0.245 e. The van der Waals surface area contributed by atoms with Crippen molar-refractivity contribution >= 4 is 28.4 Å². The lowest BCUT2D eigenvalue weighted by Crippen LogP contribution is -2.32. The molecule has 1 aromatic carbocycles. The van der Waals surface area contributed by atoms with Crippen molar-refractivity contribution in [3.05, 3.63) is 47.4 Å². The molecule has 120 valence electrons. The van der Waals surface area contributed by atoms with Gasteiger partial charge in [0.2, 0.25) is 5.91 Å². The van der Waals surface area contributed by atoms with Crippen molar-refractivity contribution in [2.24, 2.45) is 7.05 Å². The second-order valence-corrected chi connectivity index (χ2v) is 5.74. The molecule has 7 heteroatoms. The maximum atomic E-state index is 12.4. The Bertz CT molecular complexity index is 824. The Labute approximate surface area is 139 Å². The van der Waals surface area contributed by atoms with E-state index in [-0.39, 0.29) is 11.9 Å². The lowest BCUT2D eigenvalue weighted by Gasteiger charge is -2.15. The Balaban J connectivity index is 1.79. The minimum atomic E-state index is -0.324. The van der Waals surface area contributed by atoms with Crippen LogP contribution in [0.2, 0.25) is 5.02 Å². The van der Waals surface area contributed by atoms with Gasteiger partial charge in [0.25, 0.3) is 0 Å². The third kappa shape index (κ3) is 2.94. The first-order valence-corrected chi connectivity index (χ1v) is 7.86. The Morgan fingerprint density at radius 3 is 2.91 bits per heavy atom. The SMILES string of the molecule is CC[C@H](C(=O)NCc1nn(C)c2cccc(Cl)c12)n1cccn1. The van der Waals surface area contributed by atoms with E-state index in [0.29, 0.717) is 18.0 Å². The summed E-state index contributed by atoms with van der Waals surface area (Å²) in [7, 11) is 1.86. The van der Waals surface area contributed by atoms with E-state index in [4.69, 9.17) is 11.6 Å². The van der Waals surface area contributed by atoms with Crippen molar-refractivity contribution in [3.8, 4) is 0 Å². The van der Waals surface area contributed by atoms with Crippen LogP contribution in [0, 0.1) is 0 Å². The Kier molecular flexibility index (Phi) is 4.34. The molecule has 0 saturated carbocycles. The van der Waals surface area contributed by atoms with Crippen LogP contribution in [0.25, 0.3) is 10.9 Å². The number of carbonyl (C=O) groups excluding carboxylic acids is 1. The molecule has 0 fully saturated rings. The van der Waals surface area contributed by atoms with Crippen molar-refractivity contribution in [2.45, 2.75) is 25.9 Å². The number of fused-ring (bicyclic) bond motifs is 1. The fraction of sp³-hybridized carbons (Fsp3) is 0.312. The van der Waals surface area contributed by atoms with Crippen LogP contribution in [-0.2, 0) is 18.4 Å². The number of hydrogen-bond donors (Lipinski definition) is 1. The van der Waals surface area contributed by atoms with Crippen molar-refractivity contribution in [2.75, 3.05) is 0 Å². The molecule has 0 spiro atoms. The minimum Gasteiger partial charge on any atom is -0.348 e. The van der Waals surface area contributed by atoms with Crippen molar-refractivity contribution < 1.29 is 4.79 Å². The van der Waals surface area contributed by atoms with Gasteiger partial charge in [0.05, 0.1) is 22.8 Å². The molecule has 0 radical (unpaired) electrons. The second kappa shape index (κ2) is 6.42. The van der Waals surface area contributed by atoms with Gasteiger partial charge in [-0.3, -0.25) is 14.2 Å². The fourth-order valence-corrected chi connectivity index (χ4v) is 3.00. The number of amides is 1. The molecular formula is C16H18ClN5O. The molecule has 0 saturated heterocycles. The van der Waals surface area contributed by atoms with Gasteiger partial charge in [0, 0.05) is 24.8 Å². The van der Waals surface area contributed by atoms with Crippen LogP contribution in [0.1, 0.15) is 25.1 Å². The van der Waals surface area contributed by atoms with Crippen LogP contribution in [0.15, 0.2) is 36.7 Å². The van der Waals surface area contributed by atoms with E-state index in [1.165, 1.54) is 0 Å². The Hall–Kier alpha value is -2.34. The van der Waals surface area contributed by atoms with E-state index in [0.717, 1.165) is 16.6 Å². The molecule has 0 aliphatic carbocycles. The molecule has 23 heavy (non-hydrogen) atoms. The zero-order valence-corrected chi connectivity index (χ0v) is 13.8. The highest BCUT2D eigenvalue weighted by atomic mass is 35.5. The summed E-state index contributed by atoms with van der Waals surface area (Å²) in [6.07, 6.45) is 4.12. The molecule has 2 heterocycles. The van der Waals surface area contributed by atoms with Gasteiger partial charge in [-0.15, -0.1) is 0 Å². The number of rotatable bonds is 5. The standard InChI is InChI=1S/C16H18ClN5O/c1-3-13(22-9-5-8-19-22)16(23)18-10-12-15-11(17)6-4-7-14(15)21(2)20-12/h4-9,13H,3,10H2,1-2H3,(H,18,23)/t13-/m1/s1. The van der Waals surface area contributed by atoms with Crippen molar-refractivity contribution in [1.29, 1.82) is 0 Å². The van der Waals surface area contributed by atoms with Gasteiger partial charge in [-0.25, -0.2) is 0 Å². The van der Waals surface area contributed by atoms with Gasteiger partial charge in [-0.1, -0.05) is 24.6 Å². The van der Waals surface area contributed by atoms with Crippen LogP contribution in [0.4, 0.5) is 0 Å². The van der Waals surface area contributed by atoms with Gasteiger partial charge in [-0.2, -0.15) is 10.2 Å². The molecule has 0 aliphatic rings. The monoisotopic (exact) mass is 331 g/mol. The minimum absolute atomic E-state index is 0.0814. The molecule has 6 nitrogen and oxygen atoms in total. The van der Waals surface area contributed by atoms with Gasteiger partial charge >= 0.3 is 0 Å². The first-order valence-electron chi connectivity index (χ1n) is 7.48. The van der Waals surface area contributed by atoms with Crippen LogP contribution in [0.3, 0.4) is 0 Å². The van der Waals surface area contributed by atoms with Crippen LogP contribution < -0.4 is 5.32 Å². The zero-order valence-electron chi connectivity index (χ0n) is 13.0. The van der Waals surface area contributed by atoms with Crippen LogP contribution >= 0.6 is 11.6 Å². The summed E-state index contributed by atoms with van der Waals surface area (Å²) < 4.78 is 3.44. The molecule has 3 rings (SSSR count). The van der Waals surface area contributed by atoms with Crippen molar-refractivity contribution in [3.63, 3.8) is 0 Å². The lowest BCUT2D eigenvalue weighted by molar-refractivity contribution is -0.124. The van der Waals surface area contributed by atoms with Crippen molar-refractivity contribution in [1.82, 2.24) is 24.9 Å². The summed E-state index contributed by atoms with van der Waals surface area (Å²) in [4.78, 5) is 12.4. The number of aryl methyl sites for hydroxylation is 1. The lowest BCUT2D eigenvalue weighted by atomic mass is 10.2. The molecule has 2 aromatic heterocycles. The third-order valence-corrected chi connectivity index (χ3v) is 4.18. The third-order valence-electron chi connectivity index (χ3n) is 3.86. The molecule has 1 amide bonds. The first-order chi connectivity index (χ1) is 11.1. The number of aromatic nitrogens is 4. The highest BCUT2D eigenvalue weighted by molar-refractivity contribution is 6.35. The normalized spacial score (nSPS) is 12.5. The van der Waals surface area contributed by atoms with E-state index in [1.807, 2.05) is 38.2 Å². The second-order valence-electron chi connectivity index (χ2n) is 5.33. The number of carbonyl (C=O) groups is 1. The number of nitrogens with zero attached hydrogens (tertiary/aromatic N) is 4. The van der Waals surface area contributed by atoms with Crippen LogP contribution in [0.5, 0.6) is 0 Å². The molecule has 1 atom stereocenters. The average Bonchev–Trinajstić information content (AvgIpc) is 3.16.